The summed E-state index contributed by atoms with van der Waals surface area (Å²) in [6, 6.07) is 63.2. The van der Waals surface area contributed by atoms with Crippen molar-refractivity contribution in [2.75, 3.05) is 0 Å². The standard InChI is InChI=1S/C49H30FN3/c50-36-22-25-39-34(28-36)18-17-33-27-35(20-23-38(33)39)44-13-8-16-49(51-44)53-46-15-7-4-11-40(46)42-24-19-32(30-48(42)53)31-21-26-47-43(29-31)41-12-5-6-14-45(41)52(47)37-9-2-1-3-10-37/h1-30H. The molecule has 0 fully saturated rings. The van der Waals surface area contributed by atoms with E-state index in [1.165, 1.54) is 44.2 Å². The van der Waals surface area contributed by atoms with Crippen LogP contribution in [0.3, 0.4) is 0 Å². The maximum Gasteiger partial charge on any atom is 0.138 e. The number of para-hydroxylation sites is 3. The van der Waals surface area contributed by atoms with Gasteiger partial charge in [-0.05, 0) is 105 Å². The average molecular weight is 680 g/mol. The molecule has 0 aliphatic carbocycles. The molecule has 0 aliphatic rings. The van der Waals surface area contributed by atoms with Crippen LogP contribution in [-0.4, -0.2) is 14.1 Å². The van der Waals surface area contributed by atoms with Crippen molar-refractivity contribution in [3.05, 3.63) is 188 Å². The molecule has 0 bridgehead atoms. The highest BCUT2D eigenvalue weighted by Crippen LogP contribution is 2.38. The fraction of sp³-hybridized carbons (Fsp3) is 0. The van der Waals surface area contributed by atoms with Gasteiger partial charge in [-0.15, -0.1) is 0 Å². The summed E-state index contributed by atoms with van der Waals surface area (Å²) in [5, 5.41) is 8.98. The van der Waals surface area contributed by atoms with Crippen molar-refractivity contribution in [1.82, 2.24) is 14.1 Å². The summed E-state index contributed by atoms with van der Waals surface area (Å²) in [6.45, 7) is 0. The lowest BCUT2D eigenvalue weighted by atomic mass is 9.99. The predicted octanol–water partition coefficient (Wildman–Crippen LogP) is 13.1. The molecule has 0 radical (unpaired) electrons. The molecule has 3 heterocycles. The van der Waals surface area contributed by atoms with E-state index in [9.17, 15) is 4.39 Å². The van der Waals surface area contributed by atoms with Gasteiger partial charge in [-0.3, -0.25) is 4.57 Å². The normalized spacial score (nSPS) is 11.9. The van der Waals surface area contributed by atoms with E-state index in [4.69, 9.17) is 4.98 Å². The van der Waals surface area contributed by atoms with Crippen LogP contribution in [0.4, 0.5) is 4.39 Å². The molecule has 11 aromatic rings. The van der Waals surface area contributed by atoms with Gasteiger partial charge < -0.3 is 4.57 Å². The van der Waals surface area contributed by atoms with E-state index in [-0.39, 0.29) is 5.82 Å². The van der Waals surface area contributed by atoms with Crippen LogP contribution in [0.1, 0.15) is 0 Å². The summed E-state index contributed by atoms with van der Waals surface area (Å²) >= 11 is 0. The molecule has 0 saturated heterocycles. The highest BCUT2D eigenvalue weighted by molar-refractivity contribution is 6.13. The van der Waals surface area contributed by atoms with Crippen LogP contribution in [0.15, 0.2) is 182 Å². The molecule has 0 saturated carbocycles. The molecule has 4 heteroatoms. The van der Waals surface area contributed by atoms with Crippen molar-refractivity contribution in [3.8, 4) is 33.9 Å². The van der Waals surface area contributed by atoms with Gasteiger partial charge in [-0.2, -0.15) is 0 Å². The van der Waals surface area contributed by atoms with E-state index in [0.717, 1.165) is 60.9 Å². The third kappa shape index (κ3) is 4.62. The summed E-state index contributed by atoms with van der Waals surface area (Å²) in [4.78, 5) is 5.29. The first-order valence-corrected chi connectivity index (χ1v) is 17.9. The molecule has 3 nitrogen and oxygen atoms in total. The van der Waals surface area contributed by atoms with Gasteiger partial charge in [-0.1, -0.05) is 109 Å². The molecule has 0 atom stereocenters. The molecule has 0 N–H and O–H groups in total. The zero-order chi connectivity index (χ0) is 35.0. The maximum atomic E-state index is 13.9. The Kier molecular flexibility index (Phi) is 6.43. The molecule has 0 amide bonds. The van der Waals surface area contributed by atoms with E-state index in [2.05, 4.69) is 167 Å². The smallest absolute Gasteiger partial charge is 0.138 e. The van der Waals surface area contributed by atoms with Crippen LogP contribution < -0.4 is 0 Å². The van der Waals surface area contributed by atoms with Crippen LogP contribution in [0.25, 0.3) is 99.0 Å². The van der Waals surface area contributed by atoms with Gasteiger partial charge in [0.2, 0.25) is 0 Å². The molecule has 0 aliphatic heterocycles. The van der Waals surface area contributed by atoms with E-state index in [1.807, 2.05) is 12.1 Å². The molecule has 248 valence electrons. The van der Waals surface area contributed by atoms with Crippen molar-refractivity contribution in [3.63, 3.8) is 0 Å². The molecular weight excluding hydrogens is 650 g/mol. The molecule has 3 aromatic heterocycles. The first-order valence-electron chi connectivity index (χ1n) is 17.9. The summed E-state index contributed by atoms with van der Waals surface area (Å²) in [5.74, 6) is 0.640. The van der Waals surface area contributed by atoms with E-state index in [1.54, 1.807) is 6.07 Å². The monoisotopic (exact) mass is 679 g/mol. The second-order valence-corrected chi connectivity index (χ2v) is 13.8. The number of halogens is 1. The topological polar surface area (TPSA) is 22.8 Å². The molecule has 0 unspecified atom stereocenters. The summed E-state index contributed by atoms with van der Waals surface area (Å²) in [7, 11) is 0. The molecule has 0 spiro atoms. The SMILES string of the molecule is Fc1ccc2c(ccc3cc(-c4cccc(-n5c6ccccc6c6ccc(-c7ccc8c(c7)c7ccccc7n8-c7ccccc7)cc65)n4)ccc32)c1. The average Bonchev–Trinajstić information content (AvgIpc) is 3.73. The van der Waals surface area contributed by atoms with Crippen LogP contribution in [0.2, 0.25) is 0 Å². The molecule has 11 rings (SSSR count). The highest BCUT2D eigenvalue weighted by Gasteiger charge is 2.17. The van der Waals surface area contributed by atoms with Crippen LogP contribution >= 0.6 is 0 Å². The molecular formula is C49H30FN3. The Morgan fingerprint density at radius 1 is 0.358 bits per heavy atom. The maximum absolute atomic E-state index is 13.9. The summed E-state index contributed by atoms with van der Waals surface area (Å²) < 4.78 is 18.6. The summed E-state index contributed by atoms with van der Waals surface area (Å²) in [5.41, 5.74) is 10.0. The number of nitrogens with zero attached hydrogens (tertiary/aromatic N) is 3. The Hall–Kier alpha value is -7.04. The minimum Gasteiger partial charge on any atom is -0.309 e. The Morgan fingerprint density at radius 3 is 1.79 bits per heavy atom. The third-order valence-corrected chi connectivity index (χ3v) is 10.8. The number of rotatable bonds is 4. The zero-order valence-electron chi connectivity index (χ0n) is 28.5. The minimum atomic E-state index is -0.222. The Labute approximate surface area is 304 Å². The van der Waals surface area contributed by atoms with Crippen molar-refractivity contribution < 1.29 is 4.39 Å². The van der Waals surface area contributed by atoms with Crippen LogP contribution in [-0.2, 0) is 0 Å². The van der Waals surface area contributed by atoms with Crippen molar-refractivity contribution >= 4 is 65.2 Å². The Balaban J connectivity index is 1.06. The Bertz CT molecular complexity index is 3240. The summed E-state index contributed by atoms with van der Waals surface area (Å²) in [6.07, 6.45) is 0. The lowest BCUT2D eigenvalue weighted by molar-refractivity contribution is 0.630. The molecule has 8 aromatic carbocycles. The van der Waals surface area contributed by atoms with Gasteiger partial charge in [0.15, 0.2) is 0 Å². The largest absolute Gasteiger partial charge is 0.309 e. The van der Waals surface area contributed by atoms with Gasteiger partial charge in [0.05, 0.1) is 27.8 Å². The predicted molar refractivity (Wildman–Crippen MR) is 219 cm³/mol. The van der Waals surface area contributed by atoms with Gasteiger partial charge in [-0.25, -0.2) is 9.37 Å². The lowest BCUT2D eigenvalue weighted by Gasteiger charge is -2.11. The zero-order valence-corrected chi connectivity index (χ0v) is 28.5. The Morgan fingerprint density at radius 2 is 0.962 bits per heavy atom. The van der Waals surface area contributed by atoms with Gasteiger partial charge in [0, 0.05) is 32.8 Å². The quantitative estimate of drug-likeness (QED) is 0.170. The number of hydrogen-bond acceptors (Lipinski definition) is 1. The first-order chi connectivity index (χ1) is 26.2. The fourth-order valence-corrected chi connectivity index (χ4v) is 8.31. The van der Waals surface area contributed by atoms with Gasteiger partial charge >= 0.3 is 0 Å². The van der Waals surface area contributed by atoms with Crippen molar-refractivity contribution in [2.45, 2.75) is 0 Å². The van der Waals surface area contributed by atoms with Crippen molar-refractivity contribution in [2.24, 2.45) is 0 Å². The number of pyridine rings is 1. The number of fused-ring (bicyclic) bond motifs is 9. The van der Waals surface area contributed by atoms with Gasteiger partial charge in [0.25, 0.3) is 0 Å². The minimum absolute atomic E-state index is 0.222. The fourth-order valence-electron chi connectivity index (χ4n) is 8.31. The van der Waals surface area contributed by atoms with E-state index in [0.29, 0.717) is 0 Å². The third-order valence-electron chi connectivity index (χ3n) is 10.8. The first kappa shape index (κ1) is 29.7. The number of benzene rings is 8. The van der Waals surface area contributed by atoms with Gasteiger partial charge in [0.1, 0.15) is 11.6 Å². The second kappa shape index (κ2) is 11.5. The number of hydrogen-bond donors (Lipinski definition) is 0. The van der Waals surface area contributed by atoms with Crippen molar-refractivity contribution in [1.29, 1.82) is 0 Å². The van der Waals surface area contributed by atoms with E-state index >= 15 is 0 Å². The highest BCUT2D eigenvalue weighted by atomic mass is 19.1. The lowest BCUT2D eigenvalue weighted by Crippen LogP contribution is -1.98. The second-order valence-electron chi connectivity index (χ2n) is 13.8. The van der Waals surface area contributed by atoms with Crippen LogP contribution in [0.5, 0.6) is 0 Å². The number of aromatic nitrogens is 3. The van der Waals surface area contributed by atoms with E-state index < -0.39 is 0 Å². The van der Waals surface area contributed by atoms with Crippen LogP contribution in [0, 0.1) is 5.82 Å². The molecule has 53 heavy (non-hydrogen) atoms.